The summed E-state index contributed by atoms with van der Waals surface area (Å²) in [5, 5.41) is 0.848. The first-order valence-electron chi connectivity index (χ1n) is 7.42. The smallest absolute Gasteiger partial charge is 0.336 e. The minimum absolute atomic E-state index is 0.124. The van der Waals surface area contributed by atoms with Gasteiger partial charge in [0.2, 0.25) is 0 Å². The van der Waals surface area contributed by atoms with Gasteiger partial charge in [-0.25, -0.2) is 4.79 Å². The normalized spacial score (nSPS) is 10.4. The topological polar surface area (TPSA) is 48.7 Å². The van der Waals surface area contributed by atoms with Crippen molar-refractivity contribution in [2.45, 2.75) is 6.92 Å². The molecule has 4 heteroatoms. The van der Waals surface area contributed by atoms with E-state index in [4.69, 9.17) is 20.3 Å². The summed E-state index contributed by atoms with van der Waals surface area (Å²) in [5.41, 5.74) is 2.41. The van der Waals surface area contributed by atoms with E-state index in [2.05, 4.69) is 5.92 Å². The third kappa shape index (κ3) is 2.84. The van der Waals surface area contributed by atoms with Crippen LogP contribution < -0.4 is 15.1 Å². The van der Waals surface area contributed by atoms with Crippen LogP contribution in [0.15, 0.2) is 51.7 Å². The Hall–Kier alpha value is -3.19. The maximum Gasteiger partial charge on any atom is 0.336 e. The van der Waals surface area contributed by atoms with Crippen molar-refractivity contribution in [3.63, 3.8) is 0 Å². The van der Waals surface area contributed by atoms with E-state index in [9.17, 15) is 4.79 Å². The maximum atomic E-state index is 11.9. The standard InChI is InChI=1S/C20H16O4/c1-4-10-23-17-9-8-16-13(2)11-18(21)24-20(16)19(17)14-6-5-7-15(12-14)22-3/h1,5-9,11-12H,10H2,2-3H3. The summed E-state index contributed by atoms with van der Waals surface area (Å²) in [4.78, 5) is 11.9. The largest absolute Gasteiger partial charge is 0.497 e. The molecule has 4 nitrogen and oxygen atoms in total. The summed E-state index contributed by atoms with van der Waals surface area (Å²) >= 11 is 0. The van der Waals surface area contributed by atoms with E-state index in [0.717, 1.165) is 16.5 Å². The van der Waals surface area contributed by atoms with Gasteiger partial charge in [0.05, 0.1) is 12.7 Å². The molecule has 120 valence electrons. The van der Waals surface area contributed by atoms with Crippen LogP contribution in [0.3, 0.4) is 0 Å². The fourth-order valence-corrected chi connectivity index (χ4v) is 2.66. The highest BCUT2D eigenvalue weighted by Crippen LogP contribution is 2.38. The maximum absolute atomic E-state index is 11.9. The molecule has 0 unspecified atom stereocenters. The van der Waals surface area contributed by atoms with E-state index < -0.39 is 5.63 Å². The lowest BCUT2D eigenvalue weighted by atomic mass is 9.99. The Balaban J connectivity index is 2.36. The molecule has 2 aromatic carbocycles. The van der Waals surface area contributed by atoms with Gasteiger partial charge in [-0.1, -0.05) is 18.1 Å². The van der Waals surface area contributed by atoms with Crippen LogP contribution in [-0.4, -0.2) is 13.7 Å². The van der Waals surface area contributed by atoms with Crippen LogP contribution in [0.4, 0.5) is 0 Å². The van der Waals surface area contributed by atoms with Crippen molar-refractivity contribution in [2.24, 2.45) is 0 Å². The van der Waals surface area contributed by atoms with Gasteiger partial charge in [-0.05, 0) is 42.3 Å². The highest BCUT2D eigenvalue weighted by molar-refractivity contribution is 5.97. The molecule has 3 rings (SSSR count). The van der Waals surface area contributed by atoms with E-state index >= 15 is 0 Å². The summed E-state index contributed by atoms with van der Waals surface area (Å²) < 4.78 is 16.4. The fraction of sp³-hybridized carbons (Fsp3) is 0.150. The molecule has 0 saturated carbocycles. The molecule has 0 aliphatic carbocycles. The van der Waals surface area contributed by atoms with Gasteiger partial charge < -0.3 is 13.9 Å². The van der Waals surface area contributed by atoms with Crippen LogP contribution in [0.1, 0.15) is 5.56 Å². The van der Waals surface area contributed by atoms with Crippen molar-refractivity contribution < 1.29 is 13.9 Å². The van der Waals surface area contributed by atoms with E-state index in [0.29, 0.717) is 22.6 Å². The number of ether oxygens (including phenoxy) is 2. The number of aryl methyl sites for hydroxylation is 1. The Kier molecular flexibility index (Phi) is 4.26. The third-order valence-electron chi connectivity index (χ3n) is 3.75. The molecule has 24 heavy (non-hydrogen) atoms. The predicted octanol–water partition coefficient (Wildman–Crippen LogP) is 3.79. The molecule has 0 bridgehead atoms. The monoisotopic (exact) mass is 320 g/mol. The number of fused-ring (bicyclic) bond motifs is 1. The van der Waals surface area contributed by atoms with Crippen LogP contribution in [-0.2, 0) is 0 Å². The van der Waals surface area contributed by atoms with Gasteiger partial charge in [-0.15, -0.1) is 6.42 Å². The number of hydrogen-bond acceptors (Lipinski definition) is 4. The SMILES string of the molecule is C#CCOc1ccc2c(C)cc(=O)oc2c1-c1cccc(OC)c1. The van der Waals surface area contributed by atoms with Crippen molar-refractivity contribution in [2.75, 3.05) is 13.7 Å². The first-order chi connectivity index (χ1) is 11.6. The molecular formula is C20H16O4. The Morgan fingerprint density at radius 1 is 1.21 bits per heavy atom. The first kappa shape index (κ1) is 15.7. The summed E-state index contributed by atoms with van der Waals surface area (Å²) in [6.07, 6.45) is 5.30. The van der Waals surface area contributed by atoms with Gasteiger partial charge >= 0.3 is 5.63 Å². The zero-order valence-electron chi connectivity index (χ0n) is 13.5. The molecule has 0 radical (unpaired) electrons. The molecule has 0 atom stereocenters. The second-order valence-electron chi connectivity index (χ2n) is 5.29. The molecule has 0 aliphatic heterocycles. The zero-order valence-corrected chi connectivity index (χ0v) is 13.5. The van der Waals surface area contributed by atoms with Crippen molar-refractivity contribution >= 4 is 11.0 Å². The predicted molar refractivity (Wildman–Crippen MR) is 93.5 cm³/mol. The van der Waals surface area contributed by atoms with Crippen LogP contribution in [0.2, 0.25) is 0 Å². The molecule has 1 heterocycles. The van der Waals surface area contributed by atoms with E-state index in [-0.39, 0.29) is 6.61 Å². The number of hydrogen-bond donors (Lipinski definition) is 0. The van der Waals surface area contributed by atoms with Gasteiger partial charge in [0.1, 0.15) is 23.7 Å². The van der Waals surface area contributed by atoms with E-state index in [1.54, 1.807) is 7.11 Å². The average molecular weight is 320 g/mol. The number of rotatable bonds is 4. The van der Waals surface area contributed by atoms with Crippen LogP contribution in [0, 0.1) is 19.3 Å². The molecule has 0 fully saturated rings. The molecule has 1 aromatic heterocycles. The van der Waals surface area contributed by atoms with Gasteiger partial charge in [0, 0.05) is 11.5 Å². The number of benzene rings is 2. The summed E-state index contributed by atoms with van der Waals surface area (Å²) in [7, 11) is 1.60. The van der Waals surface area contributed by atoms with E-state index in [1.165, 1.54) is 6.07 Å². The highest BCUT2D eigenvalue weighted by atomic mass is 16.5. The van der Waals surface area contributed by atoms with Crippen molar-refractivity contribution in [1.82, 2.24) is 0 Å². The number of methoxy groups -OCH3 is 1. The molecular weight excluding hydrogens is 304 g/mol. The van der Waals surface area contributed by atoms with Crippen molar-refractivity contribution in [1.29, 1.82) is 0 Å². The van der Waals surface area contributed by atoms with Crippen LogP contribution in [0.25, 0.3) is 22.1 Å². The van der Waals surface area contributed by atoms with Gasteiger partial charge in [-0.2, -0.15) is 0 Å². The third-order valence-corrected chi connectivity index (χ3v) is 3.75. The summed E-state index contributed by atoms with van der Waals surface area (Å²) in [6, 6.07) is 12.6. The lowest BCUT2D eigenvalue weighted by Gasteiger charge is -2.13. The summed E-state index contributed by atoms with van der Waals surface area (Å²) in [6.45, 7) is 2.00. The molecule has 3 aromatic rings. The van der Waals surface area contributed by atoms with Crippen molar-refractivity contribution in [3.8, 4) is 35.0 Å². The minimum Gasteiger partial charge on any atom is -0.497 e. The van der Waals surface area contributed by atoms with Crippen LogP contribution >= 0.6 is 0 Å². The molecule has 0 aliphatic rings. The van der Waals surface area contributed by atoms with Crippen LogP contribution in [0.5, 0.6) is 11.5 Å². The highest BCUT2D eigenvalue weighted by Gasteiger charge is 2.16. The Labute approximate surface area is 139 Å². The van der Waals surface area contributed by atoms with Crippen molar-refractivity contribution in [3.05, 3.63) is 58.4 Å². The lowest BCUT2D eigenvalue weighted by molar-refractivity contribution is 0.371. The molecule has 0 N–H and O–H groups in total. The van der Waals surface area contributed by atoms with Gasteiger partial charge in [-0.3, -0.25) is 0 Å². The molecule has 0 spiro atoms. The second-order valence-corrected chi connectivity index (χ2v) is 5.29. The van der Waals surface area contributed by atoms with Gasteiger partial charge in [0.25, 0.3) is 0 Å². The first-order valence-corrected chi connectivity index (χ1v) is 7.42. The number of terminal acetylenes is 1. The average Bonchev–Trinajstić information content (AvgIpc) is 2.59. The summed E-state index contributed by atoms with van der Waals surface area (Å²) in [5.74, 6) is 3.70. The Morgan fingerprint density at radius 3 is 2.79 bits per heavy atom. The Bertz CT molecular complexity index is 993. The van der Waals surface area contributed by atoms with E-state index in [1.807, 2.05) is 43.3 Å². The molecule has 0 amide bonds. The zero-order chi connectivity index (χ0) is 17.1. The fourth-order valence-electron chi connectivity index (χ4n) is 2.66. The minimum atomic E-state index is -0.404. The quantitative estimate of drug-likeness (QED) is 0.542. The second kappa shape index (κ2) is 6.51. The lowest BCUT2D eigenvalue weighted by Crippen LogP contribution is -2.01. The van der Waals surface area contributed by atoms with Gasteiger partial charge in [0.15, 0.2) is 0 Å². The Morgan fingerprint density at radius 2 is 2.04 bits per heavy atom. The molecule has 0 saturated heterocycles.